The Morgan fingerprint density at radius 3 is 0.620 bits per heavy atom. The SMILES string of the molecule is CCCCCCCCC(CCCCCCCC)(CCCCCCCC)[N+](CCCCCCCC)(CCCCCCCC)CCCCCCCC. The number of rotatable bonds is 43. The van der Waals surface area contributed by atoms with Crippen LogP contribution in [0.25, 0.3) is 0 Å². The highest BCUT2D eigenvalue weighted by atomic mass is 15.4. The van der Waals surface area contributed by atoms with E-state index in [0.29, 0.717) is 5.54 Å². The molecular formula is C49H102N+. The van der Waals surface area contributed by atoms with Gasteiger partial charge in [0.25, 0.3) is 0 Å². The highest BCUT2D eigenvalue weighted by molar-refractivity contribution is 4.84. The molecule has 0 N–H and O–H groups in total. The Hall–Kier alpha value is -0.0400. The Bertz CT molecular complexity index is 489. The molecule has 0 heterocycles. The summed E-state index contributed by atoms with van der Waals surface area (Å²) in [7, 11) is 0. The van der Waals surface area contributed by atoms with Crippen molar-refractivity contribution in [3.05, 3.63) is 0 Å². The van der Waals surface area contributed by atoms with Gasteiger partial charge in [0.15, 0.2) is 0 Å². The minimum atomic E-state index is 0.524. The maximum absolute atomic E-state index is 2.38. The van der Waals surface area contributed by atoms with E-state index in [1.54, 1.807) is 0 Å². The van der Waals surface area contributed by atoms with Crippen LogP contribution in [0.4, 0.5) is 0 Å². The number of hydrogen-bond acceptors (Lipinski definition) is 0. The van der Waals surface area contributed by atoms with Crippen LogP contribution in [0.2, 0.25) is 0 Å². The Kier molecular flexibility index (Phi) is 38.6. The van der Waals surface area contributed by atoms with Gasteiger partial charge in [-0.1, -0.05) is 215 Å². The average Bonchev–Trinajstić information content (AvgIpc) is 3.13. The van der Waals surface area contributed by atoms with Gasteiger partial charge in [-0.3, -0.25) is 0 Å². The average molecular weight is 705 g/mol. The zero-order valence-electron chi connectivity index (χ0n) is 36.6. The van der Waals surface area contributed by atoms with Crippen molar-refractivity contribution in [3.8, 4) is 0 Å². The van der Waals surface area contributed by atoms with E-state index in [1.807, 2.05) is 0 Å². The van der Waals surface area contributed by atoms with Crippen LogP contribution < -0.4 is 0 Å². The lowest BCUT2D eigenvalue weighted by atomic mass is 9.76. The molecule has 0 bridgehead atoms. The molecule has 0 amide bonds. The van der Waals surface area contributed by atoms with Crippen LogP contribution in [-0.2, 0) is 0 Å². The van der Waals surface area contributed by atoms with Gasteiger partial charge in [0, 0.05) is 19.3 Å². The van der Waals surface area contributed by atoms with E-state index in [2.05, 4.69) is 41.5 Å². The van der Waals surface area contributed by atoms with Gasteiger partial charge in [-0.2, -0.15) is 0 Å². The summed E-state index contributed by atoms with van der Waals surface area (Å²) in [5, 5.41) is 0. The molecule has 1 heteroatoms. The van der Waals surface area contributed by atoms with Gasteiger partial charge in [0.2, 0.25) is 0 Å². The highest BCUT2D eigenvalue weighted by Crippen LogP contribution is 2.42. The largest absolute Gasteiger partial charge is 0.319 e. The van der Waals surface area contributed by atoms with E-state index < -0.39 is 0 Å². The van der Waals surface area contributed by atoms with Crippen molar-refractivity contribution >= 4 is 0 Å². The molecule has 0 saturated carbocycles. The molecule has 0 aromatic heterocycles. The third kappa shape index (κ3) is 26.7. The molecule has 302 valence electrons. The molecule has 50 heavy (non-hydrogen) atoms. The maximum atomic E-state index is 2.38. The molecule has 0 aromatic rings. The normalized spacial score (nSPS) is 12.4. The fourth-order valence-electron chi connectivity index (χ4n) is 9.42. The number of nitrogens with zero attached hydrogens (tertiary/aromatic N) is 1. The monoisotopic (exact) mass is 705 g/mol. The molecule has 0 aliphatic rings. The van der Waals surface area contributed by atoms with Crippen LogP contribution in [-0.4, -0.2) is 29.7 Å². The standard InChI is InChI=1S/C49H102N/c1-7-13-19-25-31-37-43-49(44-38-32-26-20-14-8-2,45-39-33-27-21-15-9-3)50(46-40-34-28-22-16-10-4,47-41-35-29-23-17-11-5)48-42-36-30-24-18-12-6/h7-48H2,1-6H3/q+1. The van der Waals surface area contributed by atoms with E-state index >= 15 is 0 Å². The van der Waals surface area contributed by atoms with E-state index in [0.717, 1.165) is 0 Å². The Morgan fingerprint density at radius 1 is 0.220 bits per heavy atom. The predicted molar refractivity (Wildman–Crippen MR) is 232 cm³/mol. The third-order valence-corrected chi connectivity index (χ3v) is 12.8. The second-order valence-electron chi connectivity index (χ2n) is 17.4. The zero-order valence-corrected chi connectivity index (χ0v) is 36.6. The third-order valence-electron chi connectivity index (χ3n) is 12.8. The van der Waals surface area contributed by atoms with Crippen LogP contribution in [0.1, 0.15) is 292 Å². The topological polar surface area (TPSA) is 0 Å². The number of quaternary nitrogens is 1. The summed E-state index contributed by atoms with van der Waals surface area (Å²) in [5.74, 6) is 0. The van der Waals surface area contributed by atoms with Crippen molar-refractivity contribution in [1.29, 1.82) is 0 Å². The number of hydrogen-bond donors (Lipinski definition) is 0. The van der Waals surface area contributed by atoms with E-state index in [1.165, 1.54) is 275 Å². The lowest BCUT2D eigenvalue weighted by Crippen LogP contribution is -2.65. The molecule has 0 aromatic carbocycles. The van der Waals surface area contributed by atoms with Crippen molar-refractivity contribution in [2.24, 2.45) is 0 Å². The predicted octanol–water partition coefficient (Wildman–Crippen LogP) is 17.9. The van der Waals surface area contributed by atoms with Crippen molar-refractivity contribution < 1.29 is 4.48 Å². The van der Waals surface area contributed by atoms with Gasteiger partial charge < -0.3 is 4.48 Å². The quantitative estimate of drug-likeness (QED) is 0.0438. The summed E-state index contributed by atoms with van der Waals surface area (Å²) in [5.41, 5.74) is 0.524. The first kappa shape index (κ1) is 50.0. The first-order valence-electron chi connectivity index (χ1n) is 24.5. The molecule has 0 fully saturated rings. The Labute approximate surface area is 320 Å². The molecule has 1 nitrogen and oxygen atoms in total. The smallest absolute Gasteiger partial charge is 0.0992 e. The molecular weight excluding hydrogens is 603 g/mol. The molecule has 0 spiro atoms. The van der Waals surface area contributed by atoms with Crippen molar-refractivity contribution in [2.75, 3.05) is 19.6 Å². The zero-order chi connectivity index (χ0) is 36.7. The van der Waals surface area contributed by atoms with Gasteiger partial charge in [-0.25, -0.2) is 0 Å². The van der Waals surface area contributed by atoms with Crippen molar-refractivity contribution in [1.82, 2.24) is 0 Å². The van der Waals surface area contributed by atoms with Gasteiger partial charge >= 0.3 is 0 Å². The highest BCUT2D eigenvalue weighted by Gasteiger charge is 2.48. The lowest BCUT2D eigenvalue weighted by Gasteiger charge is -2.55. The summed E-state index contributed by atoms with van der Waals surface area (Å²) in [6, 6.07) is 0. The van der Waals surface area contributed by atoms with Crippen molar-refractivity contribution in [3.63, 3.8) is 0 Å². The summed E-state index contributed by atoms with van der Waals surface area (Å²) in [6.45, 7) is 18.8. The summed E-state index contributed by atoms with van der Waals surface area (Å²) < 4.78 is 1.53. The van der Waals surface area contributed by atoms with E-state index in [9.17, 15) is 0 Å². The second-order valence-corrected chi connectivity index (χ2v) is 17.4. The Morgan fingerprint density at radius 2 is 0.400 bits per heavy atom. The van der Waals surface area contributed by atoms with Crippen LogP contribution in [0.5, 0.6) is 0 Å². The minimum absolute atomic E-state index is 0.524. The van der Waals surface area contributed by atoms with Gasteiger partial charge in [-0.05, 0) is 57.8 Å². The summed E-state index contributed by atoms with van der Waals surface area (Å²) in [6.07, 6.45) is 56.9. The molecule has 0 aliphatic heterocycles. The Balaban J connectivity index is 6.54. The minimum Gasteiger partial charge on any atom is -0.319 e. The fraction of sp³-hybridized carbons (Fsp3) is 1.00. The first-order chi connectivity index (χ1) is 24.6. The first-order valence-corrected chi connectivity index (χ1v) is 24.5. The second kappa shape index (κ2) is 38.7. The van der Waals surface area contributed by atoms with Gasteiger partial charge in [-0.15, -0.1) is 0 Å². The van der Waals surface area contributed by atoms with E-state index in [-0.39, 0.29) is 0 Å². The molecule has 0 unspecified atom stereocenters. The molecule has 0 aliphatic carbocycles. The fourth-order valence-corrected chi connectivity index (χ4v) is 9.42. The molecule has 0 saturated heterocycles. The lowest BCUT2D eigenvalue weighted by molar-refractivity contribution is -0.978. The molecule has 0 radical (unpaired) electrons. The van der Waals surface area contributed by atoms with Crippen LogP contribution in [0, 0.1) is 0 Å². The van der Waals surface area contributed by atoms with E-state index in [4.69, 9.17) is 0 Å². The van der Waals surface area contributed by atoms with Gasteiger partial charge in [0.1, 0.15) is 0 Å². The summed E-state index contributed by atoms with van der Waals surface area (Å²) in [4.78, 5) is 0. The van der Waals surface area contributed by atoms with Crippen LogP contribution in [0.3, 0.4) is 0 Å². The van der Waals surface area contributed by atoms with Crippen LogP contribution in [0.15, 0.2) is 0 Å². The van der Waals surface area contributed by atoms with Crippen LogP contribution >= 0.6 is 0 Å². The van der Waals surface area contributed by atoms with Gasteiger partial charge in [0.05, 0.1) is 25.2 Å². The maximum Gasteiger partial charge on any atom is 0.0992 e. The number of unbranched alkanes of at least 4 members (excludes halogenated alkanes) is 30. The van der Waals surface area contributed by atoms with Crippen molar-refractivity contribution in [2.45, 2.75) is 297 Å². The molecule has 0 rings (SSSR count). The summed E-state index contributed by atoms with van der Waals surface area (Å²) >= 11 is 0. The molecule has 0 atom stereocenters.